The van der Waals surface area contributed by atoms with Crippen LogP contribution >= 0.6 is 0 Å². The number of carbonyl (C=O) groups excluding carboxylic acids is 1. The summed E-state index contributed by atoms with van der Waals surface area (Å²) < 4.78 is 10.9. The summed E-state index contributed by atoms with van der Waals surface area (Å²) in [7, 11) is 1.60. The normalized spacial score (nSPS) is 16.3. The van der Waals surface area contributed by atoms with Crippen molar-refractivity contribution < 1.29 is 19.4 Å². The highest BCUT2D eigenvalue weighted by Gasteiger charge is 2.19. The van der Waals surface area contributed by atoms with E-state index in [1.807, 2.05) is 25.1 Å². The molecule has 4 heteroatoms. The molecule has 0 radical (unpaired) electrons. The number of ether oxygens (including phenoxy) is 2. The number of benzene rings is 1. The van der Waals surface area contributed by atoms with E-state index in [-0.39, 0.29) is 5.78 Å². The number of allylic oxidation sites excluding steroid dienone is 1. The maximum Gasteiger partial charge on any atom is 0.161 e. The topological polar surface area (TPSA) is 55.8 Å². The highest BCUT2D eigenvalue weighted by Crippen LogP contribution is 2.34. The molecule has 1 atom stereocenters. The smallest absolute Gasteiger partial charge is 0.161 e. The summed E-state index contributed by atoms with van der Waals surface area (Å²) in [6, 6.07) is 5.45. The number of hydrogen-bond acceptors (Lipinski definition) is 4. The van der Waals surface area contributed by atoms with Gasteiger partial charge in [-0.3, -0.25) is 4.79 Å². The van der Waals surface area contributed by atoms with Gasteiger partial charge in [0.25, 0.3) is 0 Å². The molecule has 0 bridgehead atoms. The first-order valence-electron chi connectivity index (χ1n) is 7.35. The molecule has 0 heterocycles. The minimum Gasteiger partial charge on any atom is -0.493 e. The summed E-state index contributed by atoms with van der Waals surface area (Å²) in [6.07, 6.45) is 3.61. The van der Waals surface area contributed by atoms with Crippen LogP contribution in [0.25, 0.3) is 0 Å². The monoisotopic (exact) mass is 290 g/mol. The lowest BCUT2D eigenvalue weighted by Crippen LogP contribution is -2.10. The molecule has 1 unspecified atom stereocenters. The van der Waals surface area contributed by atoms with Crippen LogP contribution in [-0.4, -0.2) is 24.6 Å². The summed E-state index contributed by atoms with van der Waals surface area (Å²) in [5.74, 6) is 1.53. The van der Waals surface area contributed by atoms with E-state index < -0.39 is 6.10 Å². The van der Waals surface area contributed by atoms with E-state index in [9.17, 15) is 9.90 Å². The summed E-state index contributed by atoms with van der Waals surface area (Å²) in [4.78, 5) is 11.3. The molecular weight excluding hydrogens is 268 g/mol. The number of ketones is 1. The van der Waals surface area contributed by atoms with Crippen molar-refractivity contribution in [3.05, 3.63) is 35.4 Å². The van der Waals surface area contributed by atoms with Crippen molar-refractivity contribution in [3.63, 3.8) is 0 Å². The van der Waals surface area contributed by atoms with Gasteiger partial charge in [0, 0.05) is 12.8 Å². The third-order valence-corrected chi connectivity index (χ3v) is 3.60. The molecule has 0 amide bonds. The van der Waals surface area contributed by atoms with Gasteiger partial charge in [0.2, 0.25) is 0 Å². The Bertz CT molecular complexity index is 534. The molecule has 1 aliphatic carbocycles. The third-order valence-electron chi connectivity index (χ3n) is 3.60. The summed E-state index contributed by atoms with van der Waals surface area (Å²) in [5.41, 5.74) is 1.67. The van der Waals surface area contributed by atoms with Crippen molar-refractivity contribution in [1.82, 2.24) is 0 Å². The van der Waals surface area contributed by atoms with E-state index in [1.54, 1.807) is 13.2 Å². The zero-order chi connectivity index (χ0) is 15.2. The number of rotatable bonds is 6. The molecule has 0 aromatic heterocycles. The summed E-state index contributed by atoms with van der Waals surface area (Å²) in [6.45, 7) is 2.64. The van der Waals surface area contributed by atoms with Crippen molar-refractivity contribution in [2.45, 2.75) is 38.7 Å². The van der Waals surface area contributed by atoms with Crippen LogP contribution in [0, 0.1) is 0 Å². The van der Waals surface area contributed by atoms with Crippen LogP contribution in [0.4, 0.5) is 0 Å². The Balaban J connectivity index is 2.20. The minimum absolute atomic E-state index is 0.229. The minimum atomic E-state index is -0.687. The predicted octanol–water partition coefficient (Wildman–Crippen LogP) is 3.20. The van der Waals surface area contributed by atoms with Crippen molar-refractivity contribution in [2.24, 2.45) is 0 Å². The zero-order valence-corrected chi connectivity index (χ0v) is 12.6. The number of Topliss-reactive ketones (excluding diaryl/α,β-unsaturated/α-hetero) is 1. The van der Waals surface area contributed by atoms with E-state index in [4.69, 9.17) is 9.47 Å². The number of hydrogen-bond donors (Lipinski definition) is 1. The molecule has 1 aromatic rings. The van der Waals surface area contributed by atoms with Crippen LogP contribution in [0.5, 0.6) is 11.5 Å². The lowest BCUT2D eigenvalue weighted by molar-refractivity contribution is -0.118. The molecule has 1 N–H and O–H groups in total. The Morgan fingerprint density at radius 3 is 2.71 bits per heavy atom. The zero-order valence-electron chi connectivity index (χ0n) is 12.6. The molecule has 114 valence electrons. The van der Waals surface area contributed by atoms with Crippen LogP contribution in [0.2, 0.25) is 0 Å². The number of aliphatic hydroxyl groups excluding tert-OH is 1. The van der Waals surface area contributed by atoms with Gasteiger partial charge in [-0.15, -0.1) is 0 Å². The first-order valence-corrected chi connectivity index (χ1v) is 7.35. The van der Waals surface area contributed by atoms with Crippen LogP contribution in [0.3, 0.4) is 0 Å². The molecule has 2 rings (SSSR count). The molecule has 21 heavy (non-hydrogen) atoms. The van der Waals surface area contributed by atoms with Gasteiger partial charge in [-0.2, -0.15) is 0 Å². The molecule has 0 saturated carbocycles. The van der Waals surface area contributed by atoms with Crippen LogP contribution in [-0.2, 0) is 4.79 Å². The Labute approximate surface area is 125 Å². The third kappa shape index (κ3) is 3.85. The molecular formula is C17H22O4. The van der Waals surface area contributed by atoms with Gasteiger partial charge in [0.1, 0.15) is 11.9 Å². The Hall–Kier alpha value is -1.81. The van der Waals surface area contributed by atoms with Gasteiger partial charge in [-0.05, 0) is 36.1 Å². The molecule has 1 aliphatic rings. The molecule has 0 saturated heterocycles. The van der Waals surface area contributed by atoms with Crippen molar-refractivity contribution in [3.8, 4) is 11.5 Å². The quantitative estimate of drug-likeness (QED) is 0.817. The highest BCUT2D eigenvalue weighted by atomic mass is 16.5. The van der Waals surface area contributed by atoms with Gasteiger partial charge in [0.05, 0.1) is 13.7 Å². The lowest BCUT2D eigenvalue weighted by atomic mass is 9.91. The number of methoxy groups -OCH3 is 1. The number of carbonyl (C=O) groups is 1. The SMILES string of the molecule is CCCOc1cc(C(O)C2=CCC(=O)CC2)ccc1OC. The fourth-order valence-corrected chi connectivity index (χ4v) is 2.38. The molecule has 0 aliphatic heterocycles. The molecule has 0 fully saturated rings. The Morgan fingerprint density at radius 1 is 1.29 bits per heavy atom. The Kier molecular flexibility index (Phi) is 5.39. The fourth-order valence-electron chi connectivity index (χ4n) is 2.38. The first kappa shape index (κ1) is 15.6. The highest BCUT2D eigenvalue weighted by molar-refractivity contribution is 5.81. The van der Waals surface area contributed by atoms with Gasteiger partial charge >= 0.3 is 0 Å². The van der Waals surface area contributed by atoms with Crippen molar-refractivity contribution >= 4 is 5.78 Å². The van der Waals surface area contributed by atoms with Crippen LogP contribution in [0.1, 0.15) is 44.3 Å². The van der Waals surface area contributed by atoms with Crippen LogP contribution < -0.4 is 9.47 Å². The van der Waals surface area contributed by atoms with E-state index in [1.165, 1.54) is 0 Å². The molecule has 1 aromatic carbocycles. The van der Waals surface area contributed by atoms with E-state index in [2.05, 4.69) is 0 Å². The van der Waals surface area contributed by atoms with Gasteiger partial charge in [-0.25, -0.2) is 0 Å². The maximum atomic E-state index is 11.3. The fraction of sp³-hybridized carbons (Fsp3) is 0.471. The number of aliphatic hydroxyl groups is 1. The largest absolute Gasteiger partial charge is 0.493 e. The average Bonchev–Trinajstić information content (AvgIpc) is 2.52. The Morgan fingerprint density at radius 2 is 2.10 bits per heavy atom. The van der Waals surface area contributed by atoms with E-state index >= 15 is 0 Å². The second-order valence-electron chi connectivity index (χ2n) is 5.18. The lowest BCUT2D eigenvalue weighted by Gasteiger charge is -2.20. The maximum absolute atomic E-state index is 11.3. The van der Waals surface area contributed by atoms with E-state index in [0.29, 0.717) is 37.4 Å². The van der Waals surface area contributed by atoms with Gasteiger partial charge in [0.15, 0.2) is 11.5 Å². The second kappa shape index (κ2) is 7.27. The second-order valence-corrected chi connectivity index (χ2v) is 5.18. The predicted molar refractivity (Wildman–Crippen MR) is 80.7 cm³/mol. The molecule has 4 nitrogen and oxygen atoms in total. The molecule has 0 spiro atoms. The van der Waals surface area contributed by atoms with Gasteiger partial charge < -0.3 is 14.6 Å². The van der Waals surface area contributed by atoms with Crippen molar-refractivity contribution in [2.75, 3.05) is 13.7 Å². The van der Waals surface area contributed by atoms with Crippen molar-refractivity contribution in [1.29, 1.82) is 0 Å². The first-order chi connectivity index (χ1) is 10.2. The van der Waals surface area contributed by atoms with Crippen LogP contribution in [0.15, 0.2) is 29.8 Å². The standard InChI is InChI=1S/C17H22O4/c1-3-10-21-16-11-13(6-9-15(16)20-2)17(19)12-4-7-14(18)8-5-12/h4,6,9,11,17,19H,3,5,7-8,10H2,1-2H3. The van der Waals surface area contributed by atoms with E-state index in [0.717, 1.165) is 17.6 Å². The summed E-state index contributed by atoms with van der Waals surface area (Å²) >= 11 is 0. The van der Waals surface area contributed by atoms with Gasteiger partial charge in [-0.1, -0.05) is 19.1 Å². The summed E-state index contributed by atoms with van der Waals surface area (Å²) in [5, 5.41) is 10.5. The average molecular weight is 290 g/mol.